The molecule has 1 N–H and O–H groups in total. The van der Waals surface area contributed by atoms with Crippen LogP contribution >= 0.6 is 0 Å². The molecule has 0 aliphatic heterocycles. The fraction of sp³-hybridized carbons (Fsp3) is 0.238. The van der Waals surface area contributed by atoms with Crippen molar-refractivity contribution in [3.63, 3.8) is 0 Å². The molecule has 2 aromatic carbocycles. The second-order valence-electron chi connectivity index (χ2n) is 6.63. The van der Waals surface area contributed by atoms with Crippen LogP contribution in [0, 0.1) is 5.92 Å². The van der Waals surface area contributed by atoms with Gasteiger partial charge < -0.3 is 9.88 Å². The van der Waals surface area contributed by atoms with Gasteiger partial charge in [-0.2, -0.15) is 0 Å². The second-order valence-corrected chi connectivity index (χ2v) is 6.63. The standard InChI is InChI=1S/C21H21N3O/c25-21(20-12-19(20)18-7-2-1-3-8-18)23-13-16-5-4-6-17(11-16)14-24-10-9-22-15-24/h1-11,15,19-20H,12-14H2,(H,23,25)/t19-,20-/m0/s1. The van der Waals surface area contributed by atoms with Crippen molar-refractivity contribution >= 4 is 5.91 Å². The first-order valence-corrected chi connectivity index (χ1v) is 8.66. The van der Waals surface area contributed by atoms with E-state index in [0.29, 0.717) is 12.5 Å². The Morgan fingerprint density at radius 1 is 1.12 bits per heavy atom. The normalized spacial score (nSPS) is 18.7. The molecule has 3 aromatic rings. The molecule has 0 radical (unpaired) electrons. The van der Waals surface area contributed by atoms with Crippen molar-refractivity contribution in [3.8, 4) is 0 Å². The summed E-state index contributed by atoms with van der Waals surface area (Å²) in [6.07, 6.45) is 6.50. The Labute approximate surface area is 147 Å². The maximum atomic E-state index is 12.4. The Kier molecular flexibility index (Phi) is 4.34. The van der Waals surface area contributed by atoms with Crippen molar-refractivity contribution in [2.24, 2.45) is 5.92 Å². The number of imidazole rings is 1. The molecular weight excluding hydrogens is 310 g/mol. The van der Waals surface area contributed by atoms with Crippen LogP contribution in [-0.2, 0) is 17.9 Å². The van der Waals surface area contributed by atoms with Gasteiger partial charge in [0.1, 0.15) is 0 Å². The molecule has 0 bridgehead atoms. The van der Waals surface area contributed by atoms with E-state index >= 15 is 0 Å². The summed E-state index contributed by atoms with van der Waals surface area (Å²) in [5.74, 6) is 0.666. The Morgan fingerprint density at radius 2 is 1.96 bits per heavy atom. The zero-order valence-electron chi connectivity index (χ0n) is 14.0. The molecule has 1 amide bonds. The Bertz CT molecular complexity index is 843. The summed E-state index contributed by atoms with van der Waals surface area (Å²) in [6.45, 7) is 1.37. The maximum absolute atomic E-state index is 12.4. The number of carbonyl (C=O) groups is 1. The number of rotatable bonds is 6. The number of hydrogen-bond donors (Lipinski definition) is 1. The zero-order valence-corrected chi connectivity index (χ0v) is 14.0. The third kappa shape index (κ3) is 3.79. The van der Waals surface area contributed by atoms with Crippen molar-refractivity contribution in [2.45, 2.75) is 25.4 Å². The molecule has 4 heteroatoms. The summed E-state index contributed by atoms with van der Waals surface area (Å²) in [7, 11) is 0. The number of amides is 1. The highest BCUT2D eigenvalue weighted by molar-refractivity contribution is 5.82. The van der Waals surface area contributed by atoms with E-state index in [2.05, 4.69) is 40.6 Å². The van der Waals surface area contributed by atoms with Gasteiger partial charge in [-0.25, -0.2) is 4.98 Å². The number of aromatic nitrogens is 2. The van der Waals surface area contributed by atoms with E-state index in [1.165, 1.54) is 11.1 Å². The van der Waals surface area contributed by atoms with Gasteiger partial charge in [0.2, 0.25) is 5.91 Å². The van der Waals surface area contributed by atoms with E-state index in [1.54, 1.807) is 6.20 Å². The minimum absolute atomic E-state index is 0.122. The molecular formula is C21H21N3O. The van der Waals surface area contributed by atoms with E-state index in [1.807, 2.05) is 41.4 Å². The van der Waals surface area contributed by atoms with Gasteiger partial charge in [0, 0.05) is 31.4 Å². The highest BCUT2D eigenvalue weighted by atomic mass is 16.2. The topological polar surface area (TPSA) is 46.9 Å². The van der Waals surface area contributed by atoms with Crippen LogP contribution < -0.4 is 5.32 Å². The SMILES string of the molecule is O=C(NCc1cccc(Cn2ccnc2)c1)[C@H]1C[C@H]1c1ccccc1. The van der Waals surface area contributed by atoms with Crippen LogP contribution in [0.25, 0.3) is 0 Å². The lowest BCUT2D eigenvalue weighted by Crippen LogP contribution is -2.24. The first-order chi connectivity index (χ1) is 12.3. The summed E-state index contributed by atoms with van der Waals surface area (Å²) in [5, 5.41) is 3.09. The number of nitrogens with one attached hydrogen (secondary N) is 1. The monoisotopic (exact) mass is 331 g/mol. The molecule has 1 aromatic heterocycles. The second kappa shape index (κ2) is 6.93. The minimum Gasteiger partial charge on any atom is -0.352 e. The van der Waals surface area contributed by atoms with E-state index in [0.717, 1.165) is 18.5 Å². The molecule has 25 heavy (non-hydrogen) atoms. The molecule has 1 aliphatic carbocycles. The van der Waals surface area contributed by atoms with Crippen LogP contribution in [0.15, 0.2) is 73.3 Å². The van der Waals surface area contributed by atoms with Gasteiger partial charge in [0.05, 0.1) is 6.33 Å². The summed E-state index contributed by atoms with van der Waals surface area (Å²) in [4.78, 5) is 16.4. The zero-order chi connectivity index (χ0) is 17.1. The van der Waals surface area contributed by atoms with Crippen LogP contribution in [0.1, 0.15) is 29.0 Å². The van der Waals surface area contributed by atoms with Crippen molar-refractivity contribution in [1.82, 2.24) is 14.9 Å². The van der Waals surface area contributed by atoms with Gasteiger partial charge in [-0.1, -0.05) is 54.6 Å². The van der Waals surface area contributed by atoms with Gasteiger partial charge in [0.15, 0.2) is 0 Å². The molecule has 4 rings (SSSR count). The van der Waals surface area contributed by atoms with Crippen molar-refractivity contribution in [3.05, 3.63) is 90.0 Å². The van der Waals surface area contributed by atoms with E-state index < -0.39 is 0 Å². The smallest absolute Gasteiger partial charge is 0.224 e. The molecule has 1 heterocycles. The third-order valence-electron chi connectivity index (χ3n) is 4.74. The lowest BCUT2D eigenvalue weighted by atomic mass is 10.1. The van der Waals surface area contributed by atoms with Crippen molar-refractivity contribution < 1.29 is 4.79 Å². The predicted octanol–water partition coefficient (Wildman–Crippen LogP) is 3.35. The summed E-state index contributed by atoms with van der Waals surface area (Å²) >= 11 is 0. The van der Waals surface area contributed by atoms with Gasteiger partial charge >= 0.3 is 0 Å². The van der Waals surface area contributed by atoms with Crippen LogP contribution in [0.2, 0.25) is 0 Å². The highest BCUT2D eigenvalue weighted by Gasteiger charge is 2.43. The molecule has 0 saturated heterocycles. The molecule has 4 nitrogen and oxygen atoms in total. The van der Waals surface area contributed by atoms with E-state index in [-0.39, 0.29) is 11.8 Å². The van der Waals surface area contributed by atoms with Crippen LogP contribution in [-0.4, -0.2) is 15.5 Å². The fourth-order valence-corrected chi connectivity index (χ4v) is 3.30. The molecule has 126 valence electrons. The largest absolute Gasteiger partial charge is 0.352 e. The lowest BCUT2D eigenvalue weighted by molar-refractivity contribution is -0.122. The van der Waals surface area contributed by atoms with Crippen LogP contribution in [0.5, 0.6) is 0 Å². The fourth-order valence-electron chi connectivity index (χ4n) is 3.30. The average molecular weight is 331 g/mol. The van der Waals surface area contributed by atoms with Gasteiger partial charge in [-0.3, -0.25) is 4.79 Å². The lowest BCUT2D eigenvalue weighted by Gasteiger charge is -2.08. The van der Waals surface area contributed by atoms with Gasteiger partial charge in [-0.15, -0.1) is 0 Å². The predicted molar refractivity (Wildman–Crippen MR) is 96.9 cm³/mol. The molecule has 2 atom stereocenters. The maximum Gasteiger partial charge on any atom is 0.224 e. The van der Waals surface area contributed by atoms with Crippen LogP contribution in [0.3, 0.4) is 0 Å². The van der Waals surface area contributed by atoms with E-state index in [4.69, 9.17) is 0 Å². The molecule has 1 aliphatic rings. The molecule has 0 spiro atoms. The number of benzene rings is 2. The molecule has 1 fully saturated rings. The Hall–Kier alpha value is -2.88. The number of carbonyl (C=O) groups excluding carboxylic acids is 1. The summed E-state index contributed by atoms with van der Waals surface area (Å²) in [5.41, 5.74) is 3.60. The summed E-state index contributed by atoms with van der Waals surface area (Å²) in [6, 6.07) is 18.6. The Morgan fingerprint density at radius 3 is 2.76 bits per heavy atom. The molecule has 1 saturated carbocycles. The Balaban J connectivity index is 1.32. The van der Waals surface area contributed by atoms with Crippen LogP contribution in [0.4, 0.5) is 0 Å². The number of nitrogens with zero attached hydrogens (tertiary/aromatic N) is 2. The molecule has 0 unspecified atom stereocenters. The average Bonchev–Trinajstić information content (AvgIpc) is 3.30. The first-order valence-electron chi connectivity index (χ1n) is 8.66. The van der Waals surface area contributed by atoms with Crippen molar-refractivity contribution in [2.75, 3.05) is 0 Å². The van der Waals surface area contributed by atoms with Gasteiger partial charge in [0.25, 0.3) is 0 Å². The highest BCUT2D eigenvalue weighted by Crippen LogP contribution is 2.47. The third-order valence-corrected chi connectivity index (χ3v) is 4.74. The van der Waals surface area contributed by atoms with E-state index in [9.17, 15) is 4.79 Å². The minimum atomic E-state index is 0.122. The first kappa shape index (κ1) is 15.6. The quantitative estimate of drug-likeness (QED) is 0.753. The number of hydrogen-bond acceptors (Lipinski definition) is 2. The van der Waals surface area contributed by atoms with Crippen molar-refractivity contribution in [1.29, 1.82) is 0 Å². The van der Waals surface area contributed by atoms with Gasteiger partial charge in [-0.05, 0) is 29.0 Å². The summed E-state index contributed by atoms with van der Waals surface area (Å²) < 4.78 is 2.03.